The lowest BCUT2D eigenvalue weighted by molar-refractivity contribution is 0.608. The molecule has 8 aromatic rings. The molecule has 0 atom stereocenters. The minimum absolute atomic E-state index is 0.774. The van der Waals surface area contributed by atoms with Gasteiger partial charge in [0.05, 0.1) is 20.6 Å². The van der Waals surface area contributed by atoms with Gasteiger partial charge in [-0.3, -0.25) is 9.88 Å². The Morgan fingerprint density at radius 3 is 2.22 bits per heavy atom. The molecule has 46 heavy (non-hydrogen) atoms. The first kappa shape index (κ1) is 25.9. The van der Waals surface area contributed by atoms with Gasteiger partial charge in [-0.2, -0.15) is 0 Å². The number of pyridine rings is 1. The van der Waals surface area contributed by atoms with E-state index in [1.54, 1.807) is 0 Å². The van der Waals surface area contributed by atoms with Crippen LogP contribution in [-0.4, -0.2) is 12.3 Å². The average Bonchev–Trinajstić information content (AvgIpc) is 3.50. The van der Waals surface area contributed by atoms with Crippen molar-refractivity contribution >= 4 is 77.7 Å². The van der Waals surface area contributed by atoms with E-state index in [1.807, 2.05) is 36.5 Å². The van der Waals surface area contributed by atoms with Gasteiger partial charge in [-0.25, -0.2) is 4.99 Å². The average molecular weight is 702 g/mol. The second-order valence-corrected chi connectivity index (χ2v) is 14.1. The van der Waals surface area contributed by atoms with Gasteiger partial charge in [-0.1, -0.05) is 103 Å². The van der Waals surface area contributed by atoms with Gasteiger partial charge < -0.3 is 4.42 Å². The van der Waals surface area contributed by atoms with Gasteiger partial charge in [0.1, 0.15) is 11.3 Å². The lowest BCUT2D eigenvalue weighted by atomic mass is 9.88. The van der Waals surface area contributed by atoms with Crippen molar-refractivity contribution in [2.24, 2.45) is 4.99 Å². The van der Waals surface area contributed by atoms with Crippen molar-refractivity contribution in [1.82, 2.24) is 4.98 Å². The Hall–Kier alpha value is -5.40. The monoisotopic (exact) mass is 701 g/mol. The topological polar surface area (TPSA) is 41.6 Å². The number of aliphatic imine (C=N–C) groups is 1. The second-order valence-electron chi connectivity index (χ2n) is 11.6. The highest BCUT2D eigenvalue weighted by molar-refractivity contribution is 14.2. The maximum atomic E-state index is 6.60. The van der Waals surface area contributed by atoms with E-state index in [-0.39, 0.29) is 0 Å². The van der Waals surface area contributed by atoms with Crippen LogP contribution in [0.5, 0.6) is 0 Å². The van der Waals surface area contributed by atoms with Crippen molar-refractivity contribution in [3.8, 4) is 22.4 Å². The fourth-order valence-electron chi connectivity index (χ4n) is 6.91. The summed E-state index contributed by atoms with van der Waals surface area (Å²) in [7, 11) is 0. The number of hydrogen-bond donors (Lipinski definition) is 0. The van der Waals surface area contributed by atoms with Crippen molar-refractivity contribution in [3.05, 3.63) is 157 Å². The Morgan fingerprint density at radius 1 is 0.587 bits per heavy atom. The predicted molar refractivity (Wildman–Crippen MR) is 199 cm³/mol. The van der Waals surface area contributed by atoms with E-state index in [9.17, 15) is 0 Å². The first-order valence-electron chi connectivity index (χ1n) is 15.3. The number of aromatic nitrogens is 1. The first-order valence-corrected chi connectivity index (χ1v) is 17.5. The molecule has 4 heterocycles. The Bertz CT molecular complexity index is 2580. The quantitative estimate of drug-likeness (QED) is 0.133. The molecule has 0 amide bonds. The number of rotatable bonds is 2. The van der Waals surface area contributed by atoms with E-state index in [0.717, 1.165) is 43.1 Å². The largest absolute Gasteiger partial charge is 0.453 e. The molecule has 216 valence electrons. The molecule has 0 saturated heterocycles. The molecule has 10 rings (SSSR count). The van der Waals surface area contributed by atoms with E-state index in [0.29, 0.717) is 0 Å². The molecule has 2 aliphatic rings. The maximum Gasteiger partial charge on any atom is 0.172 e. The van der Waals surface area contributed by atoms with Gasteiger partial charge in [-0.05, 0) is 84.4 Å². The summed E-state index contributed by atoms with van der Waals surface area (Å²) >= 11 is -0.774. The van der Waals surface area contributed by atoms with E-state index in [1.165, 1.54) is 47.6 Å². The Morgan fingerprint density at radius 2 is 1.35 bits per heavy atom. The summed E-state index contributed by atoms with van der Waals surface area (Å²) in [5, 5.41) is 6.03. The summed E-state index contributed by atoms with van der Waals surface area (Å²) in [4.78, 5) is 12.5. The van der Waals surface area contributed by atoms with E-state index >= 15 is 0 Å². The molecule has 0 N–H and O–H groups in total. The van der Waals surface area contributed by atoms with Crippen LogP contribution >= 0.6 is 20.7 Å². The molecule has 0 unspecified atom stereocenters. The molecule has 2 aromatic heterocycles. The van der Waals surface area contributed by atoms with Crippen molar-refractivity contribution in [2.75, 3.05) is 4.90 Å². The van der Waals surface area contributed by atoms with Crippen LogP contribution in [-0.2, 0) is 0 Å². The summed E-state index contributed by atoms with van der Waals surface area (Å²) in [6, 6.07) is 49.6. The van der Waals surface area contributed by atoms with Crippen LogP contribution < -0.4 is 4.90 Å². The van der Waals surface area contributed by atoms with Crippen molar-refractivity contribution in [3.63, 3.8) is 0 Å². The van der Waals surface area contributed by atoms with Crippen molar-refractivity contribution in [2.45, 2.75) is 0 Å². The third-order valence-corrected chi connectivity index (χ3v) is 11.8. The SMILES string of the molecule is c1ccc(-c2ccc(C3=IC(N4c5ccc6ccccc6c5-c5cccc6cccc4c56)=Nc4c3oc3ccccc43)cc2)nc1. The van der Waals surface area contributed by atoms with Gasteiger partial charge >= 0.3 is 0 Å². The van der Waals surface area contributed by atoms with Gasteiger partial charge in [0.15, 0.2) is 9.60 Å². The smallest absolute Gasteiger partial charge is 0.172 e. The van der Waals surface area contributed by atoms with E-state index in [4.69, 9.17) is 9.41 Å². The highest BCUT2D eigenvalue weighted by Crippen LogP contribution is 2.52. The summed E-state index contributed by atoms with van der Waals surface area (Å²) in [6.07, 6.45) is 1.84. The van der Waals surface area contributed by atoms with Crippen molar-refractivity contribution < 1.29 is 4.42 Å². The number of fused-ring (bicyclic) bond motifs is 7. The number of anilines is 2. The van der Waals surface area contributed by atoms with Crippen LogP contribution in [0.4, 0.5) is 17.1 Å². The van der Waals surface area contributed by atoms with Gasteiger partial charge in [0.2, 0.25) is 0 Å². The zero-order valence-corrected chi connectivity index (χ0v) is 26.6. The third-order valence-electron chi connectivity index (χ3n) is 8.98. The number of hydrogen-bond acceptors (Lipinski definition) is 4. The molecule has 4 nitrogen and oxygen atoms in total. The maximum absolute atomic E-state index is 6.60. The van der Waals surface area contributed by atoms with E-state index in [2.05, 4.69) is 119 Å². The highest BCUT2D eigenvalue weighted by Gasteiger charge is 2.32. The van der Waals surface area contributed by atoms with Crippen LogP contribution in [0, 0.1) is 0 Å². The zero-order valence-electron chi connectivity index (χ0n) is 24.5. The molecule has 0 fully saturated rings. The molecule has 0 radical (unpaired) electrons. The number of nitrogens with zero attached hydrogens (tertiary/aromatic N) is 3. The normalized spacial score (nSPS) is 13.6. The molecule has 5 heteroatoms. The van der Waals surface area contributed by atoms with Crippen LogP contribution in [0.3, 0.4) is 0 Å². The number of para-hydroxylation sites is 1. The van der Waals surface area contributed by atoms with Gasteiger partial charge in [-0.15, -0.1) is 0 Å². The standard InChI is InChI=1S/C41H24IN3O/c1-2-12-29-25(9-1)22-23-34-37(29)31-14-7-10-27-11-8-16-33(36(27)31)45(34)41-42-38(40-39(44-41)30-13-3-4-17-35(30)46-40)28-20-18-26(19-21-28)32-15-5-6-24-43-32/h1-24H. The fraction of sp³-hybridized carbons (Fsp3) is 0. The van der Waals surface area contributed by atoms with Crippen LogP contribution in [0.25, 0.3) is 54.9 Å². The first-order chi connectivity index (χ1) is 22.8. The van der Waals surface area contributed by atoms with Crippen molar-refractivity contribution in [1.29, 1.82) is 0 Å². The Balaban J connectivity index is 1.24. The number of furan rings is 1. The predicted octanol–water partition coefficient (Wildman–Crippen LogP) is 11.2. The minimum Gasteiger partial charge on any atom is -0.453 e. The molecular formula is C41H24IN3O. The Labute approximate surface area is 275 Å². The summed E-state index contributed by atoms with van der Waals surface area (Å²) in [5.41, 5.74) is 9.88. The molecule has 2 aliphatic heterocycles. The summed E-state index contributed by atoms with van der Waals surface area (Å²) in [5.74, 6) is 0.887. The summed E-state index contributed by atoms with van der Waals surface area (Å²) < 4.78 is 8.92. The zero-order chi connectivity index (χ0) is 30.2. The molecule has 0 bridgehead atoms. The third kappa shape index (κ3) is 3.82. The van der Waals surface area contributed by atoms with Crippen LogP contribution in [0.1, 0.15) is 11.3 Å². The molecule has 0 aliphatic carbocycles. The van der Waals surface area contributed by atoms with Crippen LogP contribution in [0.2, 0.25) is 0 Å². The van der Waals surface area contributed by atoms with Gasteiger partial charge in [0, 0.05) is 28.1 Å². The molecular weight excluding hydrogens is 677 g/mol. The second kappa shape index (κ2) is 10.1. The summed E-state index contributed by atoms with van der Waals surface area (Å²) in [6.45, 7) is 0. The number of halogens is 1. The molecule has 0 saturated carbocycles. The van der Waals surface area contributed by atoms with Gasteiger partial charge in [0.25, 0.3) is 0 Å². The lowest BCUT2D eigenvalue weighted by Gasteiger charge is -2.34. The lowest BCUT2D eigenvalue weighted by Crippen LogP contribution is -2.26. The number of benzene rings is 6. The Kier molecular flexibility index (Phi) is 5.66. The number of amidine groups is 1. The molecule has 0 spiro atoms. The fourth-order valence-corrected chi connectivity index (χ4v) is 9.79. The van der Waals surface area contributed by atoms with E-state index < -0.39 is 20.7 Å². The van der Waals surface area contributed by atoms with Crippen LogP contribution in [0.15, 0.2) is 155 Å². The highest BCUT2D eigenvalue weighted by atomic mass is 127. The minimum atomic E-state index is -0.774. The molecule has 6 aromatic carbocycles.